The maximum Gasteiger partial charge on any atom is 0.347 e. The van der Waals surface area contributed by atoms with Crippen LogP contribution in [-0.2, 0) is 19.2 Å². The summed E-state index contributed by atoms with van der Waals surface area (Å²) in [6.07, 6.45) is 0.103. The normalized spacial score (nSPS) is 19.4. The lowest BCUT2D eigenvalue weighted by Gasteiger charge is -2.34. The van der Waals surface area contributed by atoms with Crippen molar-refractivity contribution in [2.45, 2.75) is 18.4 Å². The minimum atomic E-state index is -3.11. The van der Waals surface area contributed by atoms with E-state index in [0.29, 0.717) is 19.6 Å². The lowest BCUT2D eigenvalue weighted by atomic mass is 9.96. The average Bonchev–Trinajstić information content (AvgIpc) is 2.44. The molecular weight excluding hydrogens is 310 g/mol. The molecule has 0 amide bonds. The van der Waals surface area contributed by atoms with Crippen molar-refractivity contribution < 1.29 is 34.5 Å². The van der Waals surface area contributed by atoms with E-state index in [1.165, 1.54) is 0 Å². The van der Waals surface area contributed by atoms with E-state index in [1.54, 1.807) is 0 Å². The molecule has 1 heterocycles. The van der Waals surface area contributed by atoms with Gasteiger partial charge in [-0.15, -0.1) is 0 Å². The van der Waals surface area contributed by atoms with Gasteiger partial charge in [0.1, 0.15) is 5.78 Å². The summed E-state index contributed by atoms with van der Waals surface area (Å²) in [4.78, 5) is 46.9. The van der Waals surface area contributed by atoms with E-state index < -0.39 is 23.4 Å². The predicted molar refractivity (Wildman–Crippen MR) is 77.2 cm³/mol. The first-order valence-electron chi connectivity index (χ1n) is 7.21. The van der Waals surface area contributed by atoms with Crippen LogP contribution in [0.3, 0.4) is 0 Å². The van der Waals surface area contributed by atoms with Crippen molar-refractivity contribution in [1.29, 1.82) is 0 Å². The van der Waals surface area contributed by atoms with E-state index in [2.05, 4.69) is 10.6 Å². The van der Waals surface area contributed by atoms with Crippen LogP contribution in [0.1, 0.15) is 12.8 Å². The molecule has 0 bridgehead atoms. The second-order valence-corrected chi connectivity index (χ2v) is 5.15. The number of nitrogens with one attached hydrogen (secondary N) is 2. The molecule has 0 aromatic carbocycles. The van der Waals surface area contributed by atoms with E-state index in [4.69, 9.17) is 0 Å². The van der Waals surface area contributed by atoms with E-state index in [-0.39, 0.29) is 38.3 Å². The zero-order chi connectivity index (χ0) is 17.5. The second kappa shape index (κ2) is 8.56. The first-order chi connectivity index (χ1) is 10.8. The number of carbonyl (C=O) groups excluding carboxylic acids is 1. The molecule has 1 fully saturated rings. The molecule has 0 aliphatic carbocycles. The summed E-state index contributed by atoms with van der Waals surface area (Å²) < 4.78 is 0. The third-order valence-electron chi connectivity index (χ3n) is 3.68. The van der Waals surface area contributed by atoms with E-state index >= 15 is 0 Å². The summed E-state index contributed by atoms with van der Waals surface area (Å²) in [6.45, 7) is 1.40. The second-order valence-electron chi connectivity index (χ2n) is 5.15. The van der Waals surface area contributed by atoms with Crippen molar-refractivity contribution in [2.75, 3.05) is 39.3 Å². The third kappa shape index (κ3) is 4.47. The fraction of sp³-hybridized carbons (Fsp3) is 0.692. The number of aliphatic carboxylic acids is 3. The summed E-state index contributed by atoms with van der Waals surface area (Å²) in [6, 6.07) is 0. The number of carboxylic acid groups (broad SMARTS) is 3. The standard InChI is InChI=1S/C13H21N3O7/c17-9-1-3-14-4-5-15-6-8-16(7-2-9)13(10(18)19,11(20)21)12(22)23/h14-15H,1-8H2,(H,18,19)(H,20,21)(H,22,23). The number of Topliss-reactive ketones (excluding diaryl/α,β-unsaturated/α-hetero) is 1. The number of hydrogen-bond acceptors (Lipinski definition) is 7. The van der Waals surface area contributed by atoms with Gasteiger partial charge in [-0.2, -0.15) is 0 Å². The minimum Gasteiger partial charge on any atom is -0.479 e. The van der Waals surface area contributed by atoms with Gasteiger partial charge >= 0.3 is 23.4 Å². The van der Waals surface area contributed by atoms with Crippen LogP contribution in [0.5, 0.6) is 0 Å². The van der Waals surface area contributed by atoms with Gasteiger partial charge in [0.25, 0.3) is 0 Å². The summed E-state index contributed by atoms with van der Waals surface area (Å²) in [5.74, 6) is -6.15. The number of carbonyl (C=O) groups is 4. The van der Waals surface area contributed by atoms with Crippen LogP contribution < -0.4 is 10.6 Å². The van der Waals surface area contributed by atoms with Crippen molar-refractivity contribution in [3.05, 3.63) is 0 Å². The van der Waals surface area contributed by atoms with Gasteiger partial charge in [-0.1, -0.05) is 0 Å². The largest absolute Gasteiger partial charge is 0.479 e. The fourth-order valence-corrected chi connectivity index (χ4v) is 2.38. The highest BCUT2D eigenvalue weighted by atomic mass is 16.4. The van der Waals surface area contributed by atoms with Crippen LogP contribution >= 0.6 is 0 Å². The quantitative estimate of drug-likeness (QED) is 0.359. The van der Waals surface area contributed by atoms with Crippen LogP contribution in [-0.4, -0.2) is 88.7 Å². The maximum atomic E-state index is 11.8. The van der Waals surface area contributed by atoms with Crippen molar-refractivity contribution in [3.63, 3.8) is 0 Å². The van der Waals surface area contributed by atoms with Crippen molar-refractivity contribution in [3.8, 4) is 0 Å². The van der Waals surface area contributed by atoms with Gasteiger partial charge in [0.2, 0.25) is 0 Å². The Balaban J connectivity index is 3.07. The maximum absolute atomic E-state index is 11.8. The van der Waals surface area contributed by atoms with Crippen LogP contribution in [0.2, 0.25) is 0 Å². The van der Waals surface area contributed by atoms with Crippen molar-refractivity contribution in [2.24, 2.45) is 0 Å². The minimum absolute atomic E-state index is 0.114. The average molecular weight is 331 g/mol. The molecule has 1 aliphatic rings. The lowest BCUT2D eigenvalue weighted by Crippen LogP contribution is -2.66. The topological polar surface area (TPSA) is 156 Å². The van der Waals surface area contributed by atoms with Gasteiger partial charge in [-0.25, -0.2) is 14.4 Å². The van der Waals surface area contributed by atoms with Gasteiger partial charge in [0.05, 0.1) is 0 Å². The SMILES string of the molecule is O=C1CCNCCNCCN(C(C(=O)O)(C(=O)O)C(=O)O)CC1. The predicted octanol–water partition coefficient (Wildman–Crippen LogP) is -2.18. The highest BCUT2D eigenvalue weighted by Crippen LogP contribution is 2.18. The van der Waals surface area contributed by atoms with Crippen LogP contribution in [0.15, 0.2) is 0 Å². The van der Waals surface area contributed by atoms with Gasteiger partial charge in [0, 0.05) is 52.1 Å². The molecular formula is C13H21N3O7. The third-order valence-corrected chi connectivity index (χ3v) is 3.68. The Labute approximate surface area is 132 Å². The van der Waals surface area contributed by atoms with Gasteiger partial charge in [0.15, 0.2) is 0 Å². The fourth-order valence-electron chi connectivity index (χ4n) is 2.38. The Morgan fingerprint density at radius 1 is 0.826 bits per heavy atom. The molecule has 0 radical (unpaired) electrons. The lowest BCUT2D eigenvalue weighted by molar-refractivity contribution is -0.179. The zero-order valence-corrected chi connectivity index (χ0v) is 12.6. The molecule has 130 valence electrons. The molecule has 0 saturated carbocycles. The number of rotatable bonds is 4. The first-order valence-corrected chi connectivity index (χ1v) is 7.21. The molecule has 1 saturated heterocycles. The molecule has 23 heavy (non-hydrogen) atoms. The molecule has 1 aliphatic heterocycles. The van der Waals surface area contributed by atoms with Crippen LogP contribution in [0.25, 0.3) is 0 Å². The Morgan fingerprint density at radius 3 is 1.87 bits per heavy atom. The zero-order valence-electron chi connectivity index (χ0n) is 12.6. The Bertz CT molecular complexity index is 444. The highest BCUT2D eigenvalue weighted by molar-refractivity contribution is 6.21. The highest BCUT2D eigenvalue weighted by Gasteiger charge is 2.59. The first kappa shape index (κ1) is 19.0. The number of carboxylic acids is 3. The summed E-state index contributed by atoms with van der Waals surface area (Å²) in [5.41, 5.74) is -3.11. The summed E-state index contributed by atoms with van der Waals surface area (Å²) in [7, 11) is 0. The molecule has 0 unspecified atom stereocenters. The summed E-state index contributed by atoms with van der Waals surface area (Å²) >= 11 is 0. The van der Waals surface area contributed by atoms with E-state index in [0.717, 1.165) is 4.90 Å². The molecule has 10 nitrogen and oxygen atoms in total. The van der Waals surface area contributed by atoms with Crippen LogP contribution in [0.4, 0.5) is 0 Å². The summed E-state index contributed by atoms with van der Waals surface area (Å²) in [5, 5.41) is 33.8. The number of nitrogens with zero attached hydrogens (tertiary/aromatic N) is 1. The molecule has 0 spiro atoms. The molecule has 1 rings (SSSR count). The van der Waals surface area contributed by atoms with Gasteiger partial charge in [-0.3, -0.25) is 9.69 Å². The van der Waals surface area contributed by atoms with E-state index in [9.17, 15) is 34.5 Å². The van der Waals surface area contributed by atoms with Gasteiger partial charge < -0.3 is 26.0 Å². The van der Waals surface area contributed by atoms with Crippen LogP contribution in [0, 0.1) is 0 Å². The van der Waals surface area contributed by atoms with E-state index in [1.807, 2.05) is 0 Å². The molecule has 10 heteroatoms. The van der Waals surface area contributed by atoms with Crippen molar-refractivity contribution in [1.82, 2.24) is 15.5 Å². The molecule has 0 aromatic rings. The number of ketones is 1. The molecule has 0 aromatic heterocycles. The number of hydrogen-bond donors (Lipinski definition) is 5. The Morgan fingerprint density at radius 2 is 1.35 bits per heavy atom. The van der Waals surface area contributed by atoms with Crippen molar-refractivity contribution >= 4 is 23.7 Å². The Kier molecular flexibility index (Phi) is 7.07. The monoisotopic (exact) mass is 331 g/mol. The molecule has 5 N–H and O–H groups in total. The smallest absolute Gasteiger partial charge is 0.347 e. The van der Waals surface area contributed by atoms with Gasteiger partial charge in [-0.05, 0) is 0 Å². The molecule has 0 atom stereocenters. The Hall–Kier alpha value is -2.04.